The van der Waals surface area contributed by atoms with E-state index in [-0.39, 0.29) is 11.4 Å². The third kappa shape index (κ3) is 1.77. The number of halogens is 1. The summed E-state index contributed by atoms with van der Waals surface area (Å²) in [6, 6.07) is 14.3. The fraction of sp³-hybridized carbons (Fsp3) is 0.0556. The molecule has 2 N–H and O–H groups in total. The van der Waals surface area contributed by atoms with Crippen molar-refractivity contribution >= 4 is 21.9 Å². The van der Waals surface area contributed by atoms with E-state index in [1.54, 1.807) is 13.0 Å². The van der Waals surface area contributed by atoms with E-state index in [9.17, 15) is 9.18 Å². The molecule has 0 aliphatic heterocycles. The Morgan fingerprint density at radius 1 is 0.955 bits per heavy atom. The van der Waals surface area contributed by atoms with Crippen LogP contribution in [0.25, 0.3) is 33.1 Å². The minimum atomic E-state index is -0.323. The highest BCUT2D eigenvalue weighted by molar-refractivity contribution is 6.10. The van der Waals surface area contributed by atoms with E-state index in [0.717, 1.165) is 22.2 Å². The Morgan fingerprint density at radius 2 is 1.73 bits per heavy atom. The summed E-state index contributed by atoms with van der Waals surface area (Å²) in [6.07, 6.45) is 0. The van der Waals surface area contributed by atoms with Crippen LogP contribution in [0.1, 0.15) is 5.56 Å². The van der Waals surface area contributed by atoms with Crippen molar-refractivity contribution in [3.05, 3.63) is 70.3 Å². The Labute approximate surface area is 125 Å². The summed E-state index contributed by atoms with van der Waals surface area (Å²) in [5, 5.41) is 0.685. The molecule has 2 heterocycles. The number of nitrogens with one attached hydrogen (secondary N) is 2. The van der Waals surface area contributed by atoms with Gasteiger partial charge in [-0.25, -0.2) is 4.39 Å². The number of hydrogen-bond acceptors (Lipinski definition) is 1. The summed E-state index contributed by atoms with van der Waals surface area (Å²) >= 11 is 0. The molecule has 0 amide bonds. The summed E-state index contributed by atoms with van der Waals surface area (Å²) in [5.74, 6) is -0.323. The van der Waals surface area contributed by atoms with E-state index >= 15 is 0 Å². The van der Waals surface area contributed by atoms with Crippen LogP contribution in [0.3, 0.4) is 0 Å². The highest BCUT2D eigenvalue weighted by Crippen LogP contribution is 2.32. The summed E-state index contributed by atoms with van der Waals surface area (Å²) < 4.78 is 13.5. The quantitative estimate of drug-likeness (QED) is 0.544. The highest BCUT2D eigenvalue weighted by atomic mass is 19.1. The fourth-order valence-corrected chi connectivity index (χ4v) is 2.96. The molecular formula is C18H13FN2O. The minimum Gasteiger partial charge on any atom is -0.353 e. The first-order valence-electron chi connectivity index (χ1n) is 7.04. The number of benzene rings is 2. The van der Waals surface area contributed by atoms with Gasteiger partial charge in [-0.05, 0) is 30.7 Å². The first-order chi connectivity index (χ1) is 10.6. The average Bonchev–Trinajstić information content (AvgIpc) is 2.87. The van der Waals surface area contributed by atoms with Gasteiger partial charge in [0, 0.05) is 22.0 Å². The number of H-pyrrole nitrogens is 2. The molecule has 0 spiro atoms. The van der Waals surface area contributed by atoms with E-state index in [4.69, 9.17) is 0 Å². The van der Waals surface area contributed by atoms with Crippen molar-refractivity contribution in [3.63, 3.8) is 0 Å². The molecule has 22 heavy (non-hydrogen) atoms. The van der Waals surface area contributed by atoms with Crippen molar-refractivity contribution in [3.8, 4) is 11.1 Å². The molecule has 0 bridgehead atoms. The van der Waals surface area contributed by atoms with Gasteiger partial charge in [-0.3, -0.25) is 4.79 Å². The summed E-state index contributed by atoms with van der Waals surface area (Å²) in [7, 11) is 0. The summed E-state index contributed by atoms with van der Waals surface area (Å²) in [4.78, 5) is 18.5. The van der Waals surface area contributed by atoms with Gasteiger partial charge in [0.05, 0.1) is 11.0 Å². The molecule has 4 aromatic rings. The first-order valence-corrected chi connectivity index (χ1v) is 7.04. The maximum absolute atomic E-state index is 13.5. The Kier molecular flexibility index (Phi) is 2.66. The van der Waals surface area contributed by atoms with Crippen molar-refractivity contribution in [1.82, 2.24) is 9.97 Å². The molecule has 0 atom stereocenters. The number of hydrogen-bond donors (Lipinski definition) is 2. The van der Waals surface area contributed by atoms with Crippen molar-refractivity contribution < 1.29 is 4.39 Å². The van der Waals surface area contributed by atoms with Gasteiger partial charge in [0.15, 0.2) is 0 Å². The number of fused-ring (bicyclic) bond motifs is 3. The van der Waals surface area contributed by atoms with E-state index in [2.05, 4.69) is 9.97 Å². The topological polar surface area (TPSA) is 48.6 Å². The molecule has 0 fully saturated rings. The van der Waals surface area contributed by atoms with E-state index in [1.165, 1.54) is 12.1 Å². The largest absolute Gasteiger partial charge is 0.353 e. The molecule has 0 aliphatic rings. The molecule has 0 saturated carbocycles. The van der Waals surface area contributed by atoms with Gasteiger partial charge in [0.2, 0.25) is 0 Å². The van der Waals surface area contributed by atoms with Crippen LogP contribution in [0.5, 0.6) is 0 Å². The van der Waals surface area contributed by atoms with Gasteiger partial charge in [-0.15, -0.1) is 0 Å². The second-order valence-corrected chi connectivity index (χ2v) is 5.39. The fourth-order valence-electron chi connectivity index (χ4n) is 2.96. The van der Waals surface area contributed by atoms with Crippen molar-refractivity contribution in [2.75, 3.05) is 0 Å². The zero-order valence-corrected chi connectivity index (χ0v) is 11.9. The Balaban J connectivity index is 2.22. The maximum atomic E-state index is 13.5. The van der Waals surface area contributed by atoms with Crippen molar-refractivity contribution in [2.45, 2.75) is 6.92 Å². The number of rotatable bonds is 1. The molecule has 0 radical (unpaired) electrons. The van der Waals surface area contributed by atoms with Crippen LogP contribution in [0.4, 0.5) is 4.39 Å². The van der Waals surface area contributed by atoms with Crippen LogP contribution >= 0.6 is 0 Å². The SMILES string of the molecule is Cc1c(-c2ccccc2)c2[nH]c3ccc(F)cc3c2[nH]c1=O. The van der Waals surface area contributed by atoms with Crippen LogP contribution in [-0.2, 0) is 0 Å². The van der Waals surface area contributed by atoms with Crippen molar-refractivity contribution in [1.29, 1.82) is 0 Å². The molecule has 108 valence electrons. The van der Waals surface area contributed by atoms with Crippen LogP contribution in [0, 0.1) is 12.7 Å². The second-order valence-electron chi connectivity index (χ2n) is 5.39. The van der Waals surface area contributed by atoms with Gasteiger partial charge in [0.1, 0.15) is 5.82 Å². The molecule has 4 rings (SSSR count). The summed E-state index contributed by atoms with van der Waals surface area (Å²) in [5.41, 5.74) is 4.57. The summed E-state index contributed by atoms with van der Waals surface area (Å²) in [6.45, 7) is 1.80. The van der Waals surface area contributed by atoms with Gasteiger partial charge in [-0.1, -0.05) is 30.3 Å². The third-order valence-electron chi connectivity index (χ3n) is 4.03. The normalized spacial score (nSPS) is 11.4. The maximum Gasteiger partial charge on any atom is 0.252 e. The Morgan fingerprint density at radius 3 is 2.50 bits per heavy atom. The smallest absolute Gasteiger partial charge is 0.252 e. The van der Waals surface area contributed by atoms with E-state index < -0.39 is 0 Å². The molecule has 4 heteroatoms. The van der Waals surface area contributed by atoms with E-state index in [0.29, 0.717) is 16.5 Å². The Bertz CT molecular complexity index is 1060. The monoisotopic (exact) mass is 292 g/mol. The molecule has 0 unspecified atom stereocenters. The average molecular weight is 292 g/mol. The number of pyridine rings is 1. The van der Waals surface area contributed by atoms with Crippen LogP contribution < -0.4 is 5.56 Å². The molecule has 0 aliphatic carbocycles. The lowest BCUT2D eigenvalue weighted by Crippen LogP contribution is -2.10. The van der Waals surface area contributed by atoms with Gasteiger partial charge in [-0.2, -0.15) is 0 Å². The lowest BCUT2D eigenvalue weighted by atomic mass is 10.0. The first kappa shape index (κ1) is 12.8. The molecule has 2 aromatic heterocycles. The highest BCUT2D eigenvalue weighted by Gasteiger charge is 2.15. The minimum absolute atomic E-state index is 0.156. The van der Waals surface area contributed by atoms with E-state index in [1.807, 2.05) is 30.3 Å². The molecule has 2 aromatic carbocycles. The predicted octanol–water partition coefficient (Wildman–Crippen LogP) is 4.12. The molecular weight excluding hydrogens is 279 g/mol. The number of aromatic nitrogens is 2. The van der Waals surface area contributed by atoms with Crippen LogP contribution in [0.2, 0.25) is 0 Å². The number of aromatic amines is 2. The van der Waals surface area contributed by atoms with Crippen LogP contribution in [-0.4, -0.2) is 9.97 Å². The van der Waals surface area contributed by atoms with Gasteiger partial charge in [0.25, 0.3) is 5.56 Å². The lowest BCUT2D eigenvalue weighted by molar-refractivity contribution is 0.630. The van der Waals surface area contributed by atoms with Gasteiger partial charge < -0.3 is 9.97 Å². The second kappa shape index (κ2) is 4.56. The van der Waals surface area contributed by atoms with Gasteiger partial charge >= 0.3 is 0 Å². The third-order valence-corrected chi connectivity index (χ3v) is 4.03. The predicted molar refractivity (Wildman–Crippen MR) is 86.6 cm³/mol. The zero-order chi connectivity index (χ0) is 15.3. The van der Waals surface area contributed by atoms with Crippen LogP contribution in [0.15, 0.2) is 53.3 Å². The standard InChI is InChI=1S/C18H13FN2O/c1-10-15(11-5-3-2-4-6-11)17-16(21-18(10)22)13-9-12(19)7-8-14(13)20-17/h2-9,20H,1H3,(H,21,22). The lowest BCUT2D eigenvalue weighted by Gasteiger charge is -2.07. The molecule has 0 saturated heterocycles. The Hall–Kier alpha value is -2.88. The zero-order valence-electron chi connectivity index (χ0n) is 11.9. The molecule has 3 nitrogen and oxygen atoms in total. The van der Waals surface area contributed by atoms with Crippen molar-refractivity contribution in [2.24, 2.45) is 0 Å².